The topological polar surface area (TPSA) is 143 Å². The van der Waals surface area contributed by atoms with Gasteiger partial charge in [-0.2, -0.15) is 8.42 Å². The summed E-state index contributed by atoms with van der Waals surface area (Å²) in [6.45, 7) is 1.88. The van der Waals surface area contributed by atoms with Gasteiger partial charge in [0.15, 0.2) is 0 Å². The molecule has 8 nitrogen and oxygen atoms in total. The van der Waals surface area contributed by atoms with Crippen LogP contribution in [0.25, 0.3) is 0 Å². The maximum absolute atomic E-state index is 10.5. The summed E-state index contributed by atoms with van der Waals surface area (Å²) < 4.78 is 25.5. The third kappa shape index (κ3) is 9.33. The average molecular weight is 358 g/mol. The first-order valence-electron chi connectivity index (χ1n) is 7.78. The van der Waals surface area contributed by atoms with Crippen LogP contribution in [0.2, 0.25) is 0 Å². The van der Waals surface area contributed by atoms with Crippen molar-refractivity contribution in [2.24, 2.45) is 21.8 Å². The molecule has 0 aromatic heterocycles. The summed E-state index contributed by atoms with van der Waals surface area (Å²) in [5.41, 5.74) is 11.3. The lowest BCUT2D eigenvalue weighted by molar-refractivity contribution is 0.0717. The van der Waals surface area contributed by atoms with Crippen molar-refractivity contribution in [3.8, 4) is 0 Å². The van der Waals surface area contributed by atoms with E-state index >= 15 is 0 Å². The second-order valence-electron chi connectivity index (χ2n) is 5.52. The predicted molar refractivity (Wildman–Crippen MR) is 92.8 cm³/mol. The Kier molecular flexibility index (Phi) is 8.51. The molecule has 6 N–H and O–H groups in total. The van der Waals surface area contributed by atoms with E-state index in [0.29, 0.717) is 0 Å². The normalized spacial score (nSPS) is 16.4. The van der Waals surface area contributed by atoms with Crippen molar-refractivity contribution in [2.75, 3.05) is 0 Å². The van der Waals surface area contributed by atoms with Crippen molar-refractivity contribution in [2.45, 2.75) is 51.2 Å². The maximum atomic E-state index is 10.5. The summed E-state index contributed by atoms with van der Waals surface area (Å²) in [7, 11) is -3.72. The molecule has 0 saturated heterocycles. The van der Waals surface area contributed by atoms with E-state index < -0.39 is 10.3 Å². The quantitative estimate of drug-likeness (QED) is 0.413. The van der Waals surface area contributed by atoms with Gasteiger partial charge in [-0.05, 0) is 30.5 Å². The van der Waals surface area contributed by atoms with Crippen LogP contribution in [0.1, 0.15) is 50.7 Å². The Morgan fingerprint density at radius 1 is 1.17 bits per heavy atom. The van der Waals surface area contributed by atoms with Crippen molar-refractivity contribution < 1.29 is 17.4 Å². The van der Waals surface area contributed by atoms with E-state index in [1.807, 2.05) is 37.3 Å². The molecule has 136 valence electrons. The smallest absolute Gasteiger partial charge is 0.333 e. The van der Waals surface area contributed by atoms with Crippen molar-refractivity contribution in [3.63, 3.8) is 0 Å². The van der Waals surface area contributed by atoms with E-state index in [1.165, 1.54) is 6.42 Å². The molecule has 9 heteroatoms. The highest BCUT2D eigenvalue weighted by Gasteiger charge is 2.18. The fraction of sp³-hybridized carbons (Fsp3) is 0.533. The molecule has 0 amide bonds. The molecule has 1 aliphatic carbocycles. The van der Waals surface area contributed by atoms with Crippen LogP contribution in [0.5, 0.6) is 0 Å². The molecule has 1 aromatic carbocycles. The van der Waals surface area contributed by atoms with E-state index in [9.17, 15) is 8.42 Å². The molecular weight excluding hydrogens is 332 g/mol. The Balaban J connectivity index is 0.000000243. The summed E-state index contributed by atoms with van der Waals surface area (Å²) in [5.74, 6) is -0.0669. The van der Waals surface area contributed by atoms with Gasteiger partial charge >= 0.3 is 10.3 Å². The minimum Gasteiger partial charge on any atom is -0.385 e. The Hall–Kier alpha value is -1.84. The highest BCUT2D eigenvalue weighted by atomic mass is 32.2. The zero-order chi connectivity index (χ0) is 18.0. The lowest BCUT2D eigenvalue weighted by atomic mass is 9.98. The third-order valence-corrected chi connectivity index (χ3v) is 3.95. The van der Waals surface area contributed by atoms with Crippen LogP contribution in [0.15, 0.2) is 35.5 Å². The molecule has 1 unspecified atom stereocenters. The molecule has 24 heavy (non-hydrogen) atoms. The molecule has 2 rings (SSSR count). The second-order valence-corrected chi connectivity index (χ2v) is 6.70. The van der Waals surface area contributed by atoms with Crippen LogP contribution in [-0.4, -0.2) is 20.5 Å². The number of oxime groups is 1. The summed E-state index contributed by atoms with van der Waals surface area (Å²) in [4.78, 5) is 5.03. The molecular formula is C15H26N4O4S. The van der Waals surface area contributed by atoms with Gasteiger partial charge in [0.1, 0.15) is 6.10 Å². The fourth-order valence-corrected chi connectivity index (χ4v) is 2.85. The number of benzene rings is 1. The van der Waals surface area contributed by atoms with Gasteiger partial charge in [0.25, 0.3) is 0 Å². The Labute approximate surface area is 143 Å². The number of nitrogens with zero attached hydrogens (tertiary/aromatic N) is 1. The number of guanidine groups is 1. The molecule has 0 spiro atoms. The zero-order valence-corrected chi connectivity index (χ0v) is 14.6. The monoisotopic (exact) mass is 358 g/mol. The largest absolute Gasteiger partial charge is 0.385 e. The van der Waals surface area contributed by atoms with Gasteiger partial charge in [0.2, 0.25) is 5.96 Å². The summed E-state index contributed by atoms with van der Waals surface area (Å²) in [5, 5.41) is 8.19. The first-order valence-corrected chi connectivity index (χ1v) is 9.26. The summed E-state index contributed by atoms with van der Waals surface area (Å²) in [6, 6.07) is 9.71. The highest BCUT2D eigenvalue weighted by Crippen LogP contribution is 2.20. The van der Waals surface area contributed by atoms with Crippen LogP contribution in [0.4, 0.5) is 0 Å². The van der Waals surface area contributed by atoms with E-state index in [2.05, 4.69) is 9.34 Å². The van der Waals surface area contributed by atoms with Crippen molar-refractivity contribution in [1.29, 1.82) is 0 Å². The molecule has 1 saturated carbocycles. The van der Waals surface area contributed by atoms with Gasteiger partial charge in [0.05, 0.1) is 6.10 Å². The molecule has 1 atom stereocenters. The van der Waals surface area contributed by atoms with E-state index in [1.54, 1.807) is 0 Å². The number of nitrogens with two attached hydrogens (primary N) is 3. The van der Waals surface area contributed by atoms with Gasteiger partial charge in [-0.3, -0.25) is 4.18 Å². The minimum absolute atomic E-state index is 0.0669. The lowest BCUT2D eigenvalue weighted by Crippen LogP contribution is -2.25. The lowest BCUT2D eigenvalue weighted by Gasteiger charge is -2.19. The molecule has 1 fully saturated rings. The van der Waals surface area contributed by atoms with Crippen LogP contribution in [-0.2, 0) is 19.3 Å². The van der Waals surface area contributed by atoms with Gasteiger partial charge in [-0.15, -0.1) is 0 Å². The number of hydrogen-bond donors (Lipinski definition) is 3. The first kappa shape index (κ1) is 20.2. The van der Waals surface area contributed by atoms with Crippen molar-refractivity contribution in [1.82, 2.24) is 0 Å². The van der Waals surface area contributed by atoms with E-state index in [0.717, 1.165) is 31.2 Å². The Morgan fingerprint density at radius 2 is 1.75 bits per heavy atom. The third-order valence-electron chi connectivity index (χ3n) is 3.41. The minimum atomic E-state index is -3.72. The Morgan fingerprint density at radius 3 is 2.25 bits per heavy atom. The SMILES string of the molecule is CC(ON=C(N)N)c1ccccc1.NS(=O)(=O)OC1CCCCC1. The van der Waals surface area contributed by atoms with Crippen LogP contribution >= 0.6 is 0 Å². The van der Waals surface area contributed by atoms with Crippen molar-refractivity contribution in [3.05, 3.63) is 35.9 Å². The molecule has 0 radical (unpaired) electrons. The van der Waals surface area contributed by atoms with E-state index in [-0.39, 0.29) is 18.2 Å². The highest BCUT2D eigenvalue weighted by molar-refractivity contribution is 7.84. The van der Waals surface area contributed by atoms with Gasteiger partial charge in [-0.1, -0.05) is 49.6 Å². The molecule has 0 aliphatic heterocycles. The second kappa shape index (κ2) is 10.1. The standard InChI is InChI=1S/C9H13N3O.C6H13NO3S/c1-7(13-12-9(10)11)8-5-3-2-4-6-8;7-11(8,9)10-6-4-2-1-3-5-6/h2-7H,1H3,(H4,10,11,12);6H,1-5H2,(H2,7,8,9). The molecule has 0 bridgehead atoms. The maximum Gasteiger partial charge on any atom is 0.333 e. The zero-order valence-electron chi connectivity index (χ0n) is 13.8. The Bertz CT molecular complexity index is 597. The van der Waals surface area contributed by atoms with E-state index in [4.69, 9.17) is 21.4 Å². The van der Waals surface area contributed by atoms with Gasteiger partial charge in [-0.25, -0.2) is 5.14 Å². The van der Waals surface area contributed by atoms with Crippen LogP contribution in [0.3, 0.4) is 0 Å². The molecule has 1 aromatic rings. The molecule has 0 heterocycles. The van der Waals surface area contributed by atoms with Crippen molar-refractivity contribution >= 4 is 16.3 Å². The number of hydrogen-bond acceptors (Lipinski definition) is 5. The summed E-state index contributed by atoms with van der Waals surface area (Å²) >= 11 is 0. The summed E-state index contributed by atoms with van der Waals surface area (Å²) in [6.07, 6.45) is 4.58. The number of rotatable bonds is 5. The molecule has 1 aliphatic rings. The van der Waals surface area contributed by atoms with Gasteiger partial charge in [0, 0.05) is 0 Å². The van der Waals surface area contributed by atoms with Gasteiger partial charge < -0.3 is 16.3 Å². The fourth-order valence-electron chi connectivity index (χ4n) is 2.28. The van der Waals surface area contributed by atoms with Crippen LogP contribution in [0, 0.1) is 0 Å². The van der Waals surface area contributed by atoms with Crippen LogP contribution < -0.4 is 16.6 Å². The average Bonchev–Trinajstić information content (AvgIpc) is 2.53. The first-order chi connectivity index (χ1) is 11.3. The predicted octanol–water partition coefficient (Wildman–Crippen LogP) is 1.49.